The van der Waals surface area contributed by atoms with Crippen LogP contribution in [-0.4, -0.2) is 20.1 Å². The van der Waals surface area contributed by atoms with Gasteiger partial charge < -0.3 is 19.5 Å². The van der Waals surface area contributed by atoms with Crippen molar-refractivity contribution in [1.29, 1.82) is 0 Å². The maximum absolute atomic E-state index is 12.4. The predicted octanol–water partition coefficient (Wildman–Crippen LogP) is 4.93. The molecule has 0 aliphatic heterocycles. The molecule has 0 aliphatic rings. The molecule has 0 saturated heterocycles. The molecule has 29 heavy (non-hydrogen) atoms. The largest absolute Gasteiger partial charge is 0.493 e. The smallest absolute Gasteiger partial charge is 0.248 e. The highest BCUT2D eigenvalue weighted by Gasteiger charge is 2.07. The van der Waals surface area contributed by atoms with Crippen molar-refractivity contribution in [3.8, 4) is 17.2 Å². The number of anilines is 1. The highest BCUT2D eigenvalue weighted by Crippen LogP contribution is 2.28. The monoisotopic (exact) mass is 389 g/mol. The van der Waals surface area contributed by atoms with Crippen LogP contribution in [0.5, 0.6) is 17.2 Å². The minimum Gasteiger partial charge on any atom is -0.493 e. The topological polar surface area (TPSA) is 56.8 Å². The van der Waals surface area contributed by atoms with Crippen molar-refractivity contribution < 1.29 is 19.0 Å². The van der Waals surface area contributed by atoms with E-state index in [1.54, 1.807) is 32.4 Å². The van der Waals surface area contributed by atoms with Crippen molar-refractivity contribution in [2.75, 3.05) is 19.5 Å². The number of rotatable bonds is 8. The van der Waals surface area contributed by atoms with Crippen molar-refractivity contribution in [2.24, 2.45) is 0 Å². The van der Waals surface area contributed by atoms with E-state index in [0.29, 0.717) is 29.5 Å². The van der Waals surface area contributed by atoms with Gasteiger partial charge in [0.25, 0.3) is 0 Å². The van der Waals surface area contributed by atoms with Crippen LogP contribution in [0.1, 0.15) is 11.1 Å². The molecule has 0 radical (unpaired) electrons. The average molecular weight is 389 g/mol. The third-order valence-corrected chi connectivity index (χ3v) is 4.22. The molecular formula is C24H23NO4. The Hall–Kier alpha value is -3.73. The molecule has 0 heterocycles. The van der Waals surface area contributed by atoms with Gasteiger partial charge in [-0.3, -0.25) is 4.79 Å². The number of para-hydroxylation sites is 2. The number of ether oxygens (including phenoxy) is 3. The molecule has 3 aromatic carbocycles. The molecule has 0 atom stereocenters. The molecule has 5 heteroatoms. The van der Waals surface area contributed by atoms with Crippen LogP contribution >= 0.6 is 0 Å². The van der Waals surface area contributed by atoms with Crippen LogP contribution in [0.4, 0.5) is 5.69 Å². The summed E-state index contributed by atoms with van der Waals surface area (Å²) in [7, 11) is 3.16. The number of hydrogen-bond acceptors (Lipinski definition) is 4. The molecule has 0 aliphatic carbocycles. The molecule has 5 nitrogen and oxygen atoms in total. The molecule has 3 rings (SSSR count). The van der Waals surface area contributed by atoms with E-state index in [9.17, 15) is 4.79 Å². The van der Waals surface area contributed by atoms with Crippen molar-refractivity contribution in [3.05, 3.63) is 90.0 Å². The van der Waals surface area contributed by atoms with Gasteiger partial charge in [-0.15, -0.1) is 0 Å². The Kier molecular flexibility index (Phi) is 6.90. The van der Waals surface area contributed by atoms with Crippen LogP contribution in [0.2, 0.25) is 0 Å². The van der Waals surface area contributed by atoms with Gasteiger partial charge >= 0.3 is 0 Å². The maximum Gasteiger partial charge on any atom is 0.248 e. The van der Waals surface area contributed by atoms with E-state index in [1.807, 2.05) is 60.7 Å². The molecule has 0 spiro atoms. The molecule has 0 bridgehead atoms. The molecule has 3 aromatic rings. The first-order valence-corrected chi connectivity index (χ1v) is 9.16. The number of nitrogens with one attached hydrogen (secondary N) is 1. The zero-order valence-electron chi connectivity index (χ0n) is 16.4. The van der Waals surface area contributed by atoms with Gasteiger partial charge in [-0.2, -0.15) is 0 Å². The van der Waals surface area contributed by atoms with Crippen LogP contribution in [-0.2, 0) is 11.4 Å². The summed E-state index contributed by atoms with van der Waals surface area (Å²) in [6, 6.07) is 22.7. The fourth-order valence-corrected chi connectivity index (χ4v) is 2.73. The fraction of sp³-hybridized carbons (Fsp3) is 0.125. The first-order valence-electron chi connectivity index (χ1n) is 9.16. The van der Waals surface area contributed by atoms with Crippen LogP contribution in [0.3, 0.4) is 0 Å². The van der Waals surface area contributed by atoms with Gasteiger partial charge in [-0.25, -0.2) is 0 Å². The normalized spacial score (nSPS) is 10.6. The Morgan fingerprint density at radius 3 is 2.34 bits per heavy atom. The first-order chi connectivity index (χ1) is 14.2. The Bertz CT molecular complexity index is 983. The number of hydrogen-bond donors (Lipinski definition) is 1. The number of amides is 1. The van der Waals surface area contributed by atoms with Crippen molar-refractivity contribution in [1.82, 2.24) is 0 Å². The van der Waals surface area contributed by atoms with E-state index in [-0.39, 0.29) is 5.91 Å². The minimum atomic E-state index is -0.254. The Morgan fingerprint density at radius 2 is 1.59 bits per heavy atom. The molecule has 1 amide bonds. The molecule has 0 fully saturated rings. The van der Waals surface area contributed by atoms with Gasteiger partial charge in [0.15, 0.2) is 11.5 Å². The number of carbonyl (C=O) groups is 1. The van der Waals surface area contributed by atoms with Crippen molar-refractivity contribution in [2.45, 2.75) is 6.61 Å². The van der Waals surface area contributed by atoms with E-state index in [4.69, 9.17) is 14.2 Å². The highest BCUT2D eigenvalue weighted by molar-refractivity contribution is 6.02. The summed E-state index contributed by atoms with van der Waals surface area (Å²) >= 11 is 0. The lowest BCUT2D eigenvalue weighted by Crippen LogP contribution is -2.09. The summed E-state index contributed by atoms with van der Waals surface area (Å²) in [5, 5.41) is 2.86. The molecular weight excluding hydrogens is 366 g/mol. The van der Waals surface area contributed by atoms with Gasteiger partial charge in [0.2, 0.25) is 5.91 Å². The number of methoxy groups -OCH3 is 2. The lowest BCUT2D eigenvalue weighted by molar-refractivity contribution is -0.111. The quantitative estimate of drug-likeness (QED) is 0.555. The summed E-state index contributed by atoms with van der Waals surface area (Å²) in [6.45, 7) is 0.426. The maximum atomic E-state index is 12.4. The van der Waals surface area contributed by atoms with Gasteiger partial charge in [0.05, 0.1) is 19.9 Å². The number of benzene rings is 3. The van der Waals surface area contributed by atoms with E-state index >= 15 is 0 Å². The number of carbonyl (C=O) groups excluding carboxylic acids is 1. The van der Waals surface area contributed by atoms with Crippen LogP contribution in [0, 0.1) is 0 Å². The Labute approximate surface area is 170 Å². The summed E-state index contributed by atoms with van der Waals surface area (Å²) in [6.07, 6.45) is 3.18. The Morgan fingerprint density at radius 1 is 0.862 bits per heavy atom. The minimum absolute atomic E-state index is 0.254. The van der Waals surface area contributed by atoms with Crippen LogP contribution in [0.15, 0.2) is 78.9 Å². The second-order valence-corrected chi connectivity index (χ2v) is 6.21. The van der Waals surface area contributed by atoms with Crippen molar-refractivity contribution >= 4 is 17.7 Å². The Balaban J connectivity index is 1.65. The SMILES string of the molecule is COc1ccc(/C=C/C(=O)Nc2ccccc2OCc2ccccc2)cc1OC. The average Bonchev–Trinajstić information content (AvgIpc) is 2.77. The van der Waals surface area contributed by atoms with Crippen LogP contribution in [0.25, 0.3) is 6.08 Å². The standard InChI is InChI=1S/C24H23NO4/c1-27-22-14-12-18(16-23(22)28-2)13-15-24(26)25-20-10-6-7-11-21(20)29-17-19-8-4-3-5-9-19/h3-16H,17H2,1-2H3,(H,25,26)/b15-13+. The highest BCUT2D eigenvalue weighted by atomic mass is 16.5. The fourth-order valence-electron chi connectivity index (χ4n) is 2.73. The lowest BCUT2D eigenvalue weighted by atomic mass is 10.2. The second-order valence-electron chi connectivity index (χ2n) is 6.21. The second kappa shape index (κ2) is 9.99. The van der Waals surface area contributed by atoms with Crippen LogP contribution < -0.4 is 19.5 Å². The molecule has 0 unspecified atom stereocenters. The zero-order valence-corrected chi connectivity index (χ0v) is 16.4. The summed E-state index contributed by atoms with van der Waals surface area (Å²) in [5.74, 6) is 1.60. The summed E-state index contributed by atoms with van der Waals surface area (Å²) < 4.78 is 16.4. The van der Waals surface area contributed by atoms with Gasteiger partial charge in [-0.1, -0.05) is 48.5 Å². The van der Waals surface area contributed by atoms with E-state index in [2.05, 4.69) is 5.32 Å². The molecule has 1 N–H and O–H groups in total. The van der Waals surface area contributed by atoms with Crippen molar-refractivity contribution in [3.63, 3.8) is 0 Å². The third kappa shape index (κ3) is 5.62. The first kappa shape index (κ1) is 20.0. The van der Waals surface area contributed by atoms with Gasteiger partial charge in [0, 0.05) is 6.08 Å². The zero-order chi connectivity index (χ0) is 20.5. The predicted molar refractivity (Wildman–Crippen MR) is 114 cm³/mol. The van der Waals surface area contributed by atoms with Gasteiger partial charge in [-0.05, 0) is 41.5 Å². The van der Waals surface area contributed by atoms with E-state index in [1.165, 1.54) is 6.08 Å². The van der Waals surface area contributed by atoms with E-state index in [0.717, 1.165) is 11.1 Å². The summed E-state index contributed by atoms with van der Waals surface area (Å²) in [5.41, 5.74) is 2.50. The summed E-state index contributed by atoms with van der Waals surface area (Å²) in [4.78, 5) is 12.4. The van der Waals surface area contributed by atoms with E-state index < -0.39 is 0 Å². The van der Waals surface area contributed by atoms with Gasteiger partial charge in [0.1, 0.15) is 12.4 Å². The molecule has 0 aromatic heterocycles. The third-order valence-electron chi connectivity index (χ3n) is 4.22. The molecule has 148 valence electrons. The lowest BCUT2D eigenvalue weighted by Gasteiger charge is -2.11. The molecule has 0 saturated carbocycles.